The summed E-state index contributed by atoms with van der Waals surface area (Å²) < 4.78 is 5.41. The van der Waals surface area contributed by atoms with Gasteiger partial charge in [0, 0.05) is 31.0 Å². The van der Waals surface area contributed by atoms with Crippen molar-refractivity contribution in [3.8, 4) is 11.3 Å². The fourth-order valence-corrected chi connectivity index (χ4v) is 3.73. The topological polar surface area (TPSA) is 99.7 Å². The van der Waals surface area contributed by atoms with Crippen LogP contribution < -0.4 is 4.90 Å². The molecule has 0 spiro atoms. The van der Waals surface area contributed by atoms with Crippen molar-refractivity contribution in [1.82, 2.24) is 10.1 Å². The Morgan fingerprint density at radius 2 is 1.89 bits per heavy atom. The van der Waals surface area contributed by atoms with Crippen LogP contribution in [0.15, 0.2) is 59.4 Å². The molecule has 3 heterocycles. The van der Waals surface area contributed by atoms with Gasteiger partial charge in [0.25, 0.3) is 0 Å². The van der Waals surface area contributed by atoms with Crippen molar-refractivity contribution in [2.24, 2.45) is 5.92 Å². The number of aromatic nitrogens is 2. The third-order valence-corrected chi connectivity index (χ3v) is 5.24. The van der Waals surface area contributed by atoms with Crippen LogP contribution in [0.25, 0.3) is 11.3 Å². The first-order valence-electron chi connectivity index (χ1n) is 9.26. The molecule has 1 saturated heterocycles. The van der Waals surface area contributed by atoms with Gasteiger partial charge in [-0.05, 0) is 30.4 Å². The molecular weight excluding hydrogens is 358 g/mol. The number of aliphatic hydroxyl groups is 1. The van der Waals surface area contributed by atoms with Crippen LogP contribution in [-0.4, -0.2) is 39.4 Å². The smallest absolute Gasteiger partial charge is 0.343 e. The molecule has 144 valence electrons. The summed E-state index contributed by atoms with van der Waals surface area (Å²) in [5.74, 6) is -0.358. The molecule has 1 unspecified atom stereocenters. The molecule has 28 heavy (non-hydrogen) atoms. The molecule has 2 aromatic heterocycles. The van der Waals surface area contributed by atoms with Crippen LogP contribution in [0.4, 0.5) is 5.82 Å². The Labute approximate surface area is 162 Å². The highest BCUT2D eigenvalue weighted by Gasteiger charge is 2.32. The van der Waals surface area contributed by atoms with E-state index in [9.17, 15) is 15.0 Å². The number of hydrogen-bond donors (Lipinski definition) is 2. The number of carbonyl (C=O) groups is 1. The van der Waals surface area contributed by atoms with E-state index in [0.717, 1.165) is 18.4 Å². The van der Waals surface area contributed by atoms with Gasteiger partial charge < -0.3 is 19.6 Å². The molecule has 7 heteroatoms. The van der Waals surface area contributed by atoms with Crippen molar-refractivity contribution >= 4 is 11.8 Å². The Morgan fingerprint density at radius 3 is 2.54 bits per heavy atom. The summed E-state index contributed by atoms with van der Waals surface area (Å²) >= 11 is 0. The minimum absolute atomic E-state index is 0.0810. The number of anilines is 1. The highest BCUT2D eigenvalue weighted by molar-refractivity contribution is 5.99. The Kier molecular flexibility index (Phi) is 5.08. The SMILES string of the molecule is O=C(O)c1c(N2CCC(C(O)c3cccnc3)CC2)noc1-c1ccccc1. The summed E-state index contributed by atoms with van der Waals surface area (Å²) in [4.78, 5) is 17.9. The number of aliphatic hydroxyl groups excluding tert-OH is 1. The molecule has 3 aromatic rings. The second kappa shape index (κ2) is 7.82. The quantitative estimate of drug-likeness (QED) is 0.701. The first kappa shape index (κ1) is 18.2. The van der Waals surface area contributed by atoms with Gasteiger partial charge in [-0.15, -0.1) is 0 Å². The third-order valence-electron chi connectivity index (χ3n) is 5.24. The van der Waals surface area contributed by atoms with Crippen LogP contribution in [0.1, 0.15) is 34.9 Å². The van der Waals surface area contributed by atoms with E-state index in [1.807, 2.05) is 35.2 Å². The zero-order valence-corrected chi connectivity index (χ0v) is 15.2. The number of carboxylic acid groups (broad SMARTS) is 1. The van der Waals surface area contributed by atoms with E-state index < -0.39 is 12.1 Å². The standard InChI is InChI=1S/C21H21N3O4/c25-18(16-7-4-10-22-13-16)14-8-11-24(12-9-14)20-17(21(26)27)19(28-23-20)15-5-2-1-3-6-15/h1-7,10,13-14,18,25H,8-9,11-12H2,(H,26,27). The molecule has 0 saturated carbocycles. The minimum Gasteiger partial charge on any atom is -0.477 e. The largest absolute Gasteiger partial charge is 0.477 e. The van der Waals surface area contributed by atoms with Crippen LogP contribution in [0.2, 0.25) is 0 Å². The molecular formula is C21H21N3O4. The molecule has 0 amide bonds. The number of hydrogen-bond acceptors (Lipinski definition) is 6. The van der Waals surface area contributed by atoms with Gasteiger partial charge in [-0.1, -0.05) is 41.6 Å². The number of rotatable bonds is 5. The van der Waals surface area contributed by atoms with Gasteiger partial charge in [0.1, 0.15) is 0 Å². The summed E-state index contributed by atoms with van der Waals surface area (Å²) in [5, 5.41) is 24.4. The lowest BCUT2D eigenvalue weighted by atomic mass is 9.88. The van der Waals surface area contributed by atoms with Crippen LogP contribution >= 0.6 is 0 Å². The first-order chi connectivity index (χ1) is 13.6. The second-order valence-corrected chi connectivity index (χ2v) is 6.94. The van der Waals surface area contributed by atoms with Crippen molar-refractivity contribution in [3.63, 3.8) is 0 Å². The van der Waals surface area contributed by atoms with Crippen LogP contribution in [-0.2, 0) is 0 Å². The summed E-state index contributed by atoms with van der Waals surface area (Å²) in [6, 6.07) is 12.8. The van der Waals surface area contributed by atoms with E-state index in [0.29, 0.717) is 24.5 Å². The molecule has 1 aromatic carbocycles. The number of aromatic carboxylic acids is 1. The average molecular weight is 379 g/mol. The highest BCUT2D eigenvalue weighted by Crippen LogP contribution is 2.36. The van der Waals surface area contributed by atoms with Crippen LogP contribution in [0.3, 0.4) is 0 Å². The lowest BCUT2D eigenvalue weighted by Crippen LogP contribution is -2.36. The zero-order chi connectivity index (χ0) is 19.5. The number of nitrogens with zero attached hydrogens (tertiary/aromatic N) is 3. The fraction of sp³-hybridized carbons (Fsp3) is 0.286. The molecule has 7 nitrogen and oxygen atoms in total. The normalized spacial score (nSPS) is 16.1. The fourth-order valence-electron chi connectivity index (χ4n) is 3.73. The van der Waals surface area contributed by atoms with Gasteiger partial charge in [0.05, 0.1) is 6.10 Å². The van der Waals surface area contributed by atoms with E-state index in [-0.39, 0.29) is 17.2 Å². The monoisotopic (exact) mass is 379 g/mol. The summed E-state index contributed by atoms with van der Waals surface area (Å²) in [7, 11) is 0. The maximum atomic E-state index is 11.9. The van der Waals surface area contributed by atoms with Gasteiger partial charge in [-0.25, -0.2) is 4.79 Å². The van der Waals surface area contributed by atoms with E-state index in [4.69, 9.17) is 4.52 Å². The van der Waals surface area contributed by atoms with Gasteiger partial charge in [0.15, 0.2) is 17.1 Å². The molecule has 0 radical (unpaired) electrons. The first-order valence-corrected chi connectivity index (χ1v) is 9.26. The minimum atomic E-state index is -1.06. The number of benzene rings is 1. The Hall–Kier alpha value is -3.19. The summed E-state index contributed by atoms with van der Waals surface area (Å²) in [6.07, 6.45) is 4.24. The summed E-state index contributed by atoms with van der Waals surface area (Å²) in [6.45, 7) is 1.20. The van der Waals surface area contributed by atoms with Crippen LogP contribution in [0, 0.1) is 5.92 Å². The van der Waals surface area contributed by atoms with Gasteiger partial charge in [-0.3, -0.25) is 4.98 Å². The molecule has 2 N–H and O–H groups in total. The third kappa shape index (κ3) is 3.48. The summed E-state index contributed by atoms with van der Waals surface area (Å²) in [5.41, 5.74) is 1.57. The predicted octanol–water partition coefficient (Wildman–Crippen LogP) is 3.38. The number of pyridine rings is 1. The maximum Gasteiger partial charge on any atom is 0.343 e. The van der Waals surface area contributed by atoms with Crippen molar-refractivity contribution in [2.45, 2.75) is 18.9 Å². The Morgan fingerprint density at radius 1 is 1.14 bits per heavy atom. The Balaban J connectivity index is 1.52. The van der Waals surface area contributed by atoms with Crippen molar-refractivity contribution in [1.29, 1.82) is 0 Å². The molecule has 0 bridgehead atoms. The van der Waals surface area contributed by atoms with E-state index in [1.54, 1.807) is 24.5 Å². The van der Waals surface area contributed by atoms with E-state index in [1.165, 1.54) is 0 Å². The lowest BCUT2D eigenvalue weighted by molar-refractivity contribution is 0.0696. The number of carboxylic acids is 1. The van der Waals surface area contributed by atoms with Gasteiger partial charge in [0.2, 0.25) is 0 Å². The maximum absolute atomic E-state index is 11.9. The predicted molar refractivity (Wildman–Crippen MR) is 103 cm³/mol. The van der Waals surface area contributed by atoms with Crippen molar-refractivity contribution < 1.29 is 19.5 Å². The van der Waals surface area contributed by atoms with Gasteiger partial charge >= 0.3 is 5.97 Å². The average Bonchev–Trinajstić information content (AvgIpc) is 3.20. The van der Waals surface area contributed by atoms with E-state index >= 15 is 0 Å². The van der Waals surface area contributed by atoms with Crippen molar-refractivity contribution in [3.05, 3.63) is 66.0 Å². The number of piperidine rings is 1. The lowest BCUT2D eigenvalue weighted by Gasteiger charge is -2.34. The molecule has 1 aliphatic rings. The Bertz CT molecular complexity index is 935. The highest BCUT2D eigenvalue weighted by atomic mass is 16.5. The second-order valence-electron chi connectivity index (χ2n) is 6.94. The van der Waals surface area contributed by atoms with Crippen LogP contribution in [0.5, 0.6) is 0 Å². The van der Waals surface area contributed by atoms with Gasteiger partial charge in [-0.2, -0.15) is 0 Å². The zero-order valence-electron chi connectivity index (χ0n) is 15.2. The molecule has 1 atom stereocenters. The molecule has 1 fully saturated rings. The molecule has 1 aliphatic heterocycles. The molecule has 4 rings (SSSR count). The van der Waals surface area contributed by atoms with E-state index in [2.05, 4.69) is 10.1 Å². The molecule has 0 aliphatic carbocycles. The van der Waals surface area contributed by atoms with Crippen molar-refractivity contribution in [2.75, 3.05) is 18.0 Å².